The van der Waals surface area contributed by atoms with E-state index in [0.29, 0.717) is 17.6 Å². The number of hydrogen-bond donors (Lipinski definition) is 0. The van der Waals surface area contributed by atoms with Crippen LogP contribution >= 0.6 is 0 Å². The summed E-state index contributed by atoms with van der Waals surface area (Å²) >= 11 is 0. The summed E-state index contributed by atoms with van der Waals surface area (Å²) in [6.45, 7) is 3.79. The van der Waals surface area contributed by atoms with Crippen molar-refractivity contribution in [2.75, 3.05) is 7.11 Å². The molecule has 4 nitrogen and oxygen atoms in total. The summed E-state index contributed by atoms with van der Waals surface area (Å²) in [4.78, 5) is 23.9. The predicted octanol–water partition coefficient (Wildman–Crippen LogP) is 3.19. The van der Waals surface area contributed by atoms with Gasteiger partial charge in [0.25, 0.3) is 0 Å². The molecule has 1 aliphatic carbocycles. The third kappa shape index (κ3) is 2.17. The third-order valence-corrected chi connectivity index (χ3v) is 3.90. The average Bonchev–Trinajstić information content (AvgIpc) is 2.52. The zero-order valence-corrected chi connectivity index (χ0v) is 11.8. The highest BCUT2D eigenvalue weighted by Gasteiger charge is 2.32. The normalized spacial score (nSPS) is 20.2. The van der Waals surface area contributed by atoms with Gasteiger partial charge in [-0.3, -0.25) is 4.79 Å². The number of ether oxygens (including phenoxy) is 2. The highest BCUT2D eigenvalue weighted by molar-refractivity contribution is 6.22. The third-order valence-electron chi connectivity index (χ3n) is 3.90. The second-order valence-corrected chi connectivity index (χ2v) is 5.14. The number of hydrogen-bond acceptors (Lipinski definition) is 4. The second-order valence-electron chi connectivity index (χ2n) is 5.14. The molecule has 2 aliphatic rings. The van der Waals surface area contributed by atoms with Gasteiger partial charge in [0, 0.05) is 18.4 Å². The predicted molar refractivity (Wildman–Crippen MR) is 77.6 cm³/mol. The molecule has 0 spiro atoms. The highest BCUT2D eigenvalue weighted by Crippen LogP contribution is 2.42. The molecule has 3 rings (SSSR count). The summed E-state index contributed by atoms with van der Waals surface area (Å²) in [5, 5.41) is 0. The second kappa shape index (κ2) is 5.20. The van der Waals surface area contributed by atoms with Crippen LogP contribution in [0.4, 0.5) is 0 Å². The average molecular weight is 284 g/mol. The summed E-state index contributed by atoms with van der Waals surface area (Å²) in [5.74, 6) is 0.440. The molecule has 21 heavy (non-hydrogen) atoms. The lowest BCUT2D eigenvalue weighted by Crippen LogP contribution is -2.21. The van der Waals surface area contributed by atoms with Gasteiger partial charge < -0.3 is 9.47 Å². The first-order valence-electron chi connectivity index (χ1n) is 6.94. The lowest BCUT2D eigenvalue weighted by molar-refractivity contribution is -0.114. The topological polar surface area (TPSA) is 52.6 Å². The van der Waals surface area contributed by atoms with Gasteiger partial charge in [-0.2, -0.15) is 0 Å². The largest absolute Gasteiger partial charge is 0.485 e. The van der Waals surface area contributed by atoms with Crippen LogP contribution in [0.5, 0.6) is 0 Å². The van der Waals surface area contributed by atoms with Crippen molar-refractivity contribution >= 4 is 17.3 Å². The van der Waals surface area contributed by atoms with Gasteiger partial charge in [-0.25, -0.2) is 4.79 Å². The molecule has 1 heterocycles. The van der Waals surface area contributed by atoms with Gasteiger partial charge in [-0.1, -0.05) is 12.6 Å². The van der Waals surface area contributed by atoms with Gasteiger partial charge in [0.15, 0.2) is 5.78 Å². The monoisotopic (exact) mass is 284 g/mol. The van der Waals surface area contributed by atoms with Crippen LogP contribution in [0.25, 0.3) is 5.57 Å². The molecule has 0 amide bonds. The number of rotatable bonds is 2. The number of carbonyl (C=O) groups is 2. The zero-order chi connectivity index (χ0) is 15.0. The quantitative estimate of drug-likeness (QED) is 0.618. The van der Waals surface area contributed by atoms with E-state index in [2.05, 4.69) is 6.58 Å². The lowest BCUT2D eigenvalue weighted by Gasteiger charge is -2.31. The molecule has 0 bridgehead atoms. The molecule has 1 unspecified atom stereocenters. The van der Waals surface area contributed by atoms with E-state index in [1.807, 2.05) is 0 Å². The first kappa shape index (κ1) is 13.6. The fourth-order valence-corrected chi connectivity index (χ4v) is 2.90. The van der Waals surface area contributed by atoms with Gasteiger partial charge in [-0.05, 0) is 30.2 Å². The zero-order valence-electron chi connectivity index (χ0n) is 11.8. The molecule has 1 atom stereocenters. The number of fused-ring (bicyclic) bond motifs is 2. The number of allylic oxidation sites excluding steroid dienone is 2. The molecule has 0 aromatic heterocycles. The minimum atomic E-state index is -0.407. The Labute approximate surface area is 123 Å². The van der Waals surface area contributed by atoms with Crippen LogP contribution in [0.15, 0.2) is 36.6 Å². The van der Waals surface area contributed by atoms with Gasteiger partial charge in [0.2, 0.25) is 0 Å². The van der Waals surface area contributed by atoms with Crippen molar-refractivity contribution in [2.45, 2.75) is 25.4 Å². The number of esters is 1. The van der Waals surface area contributed by atoms with Crippen LogP contribution in [0.1, 0.15) is 46.9 Å². The van der Waals surface area contributed by atoms with E-state index in [0.717, 1.165) is 29.7 Å². The smallest absolute Gasteiger partial charge is 0.337 e. The van der Waals surface area contributed by atoms with Crippen molar-refractivity contribution < 1.29 is 19.1 Å². The fraction of sp³-hybridized carbons (Fsp3) is 0.294. The van der Waals surface area contributed by atoms with Crippen LogP contribution in [0.2, 0.25) is 0 Å². The molecule has 1 aromatic rings. The molecule has 1 aromatic carbocycles. The van der Waals surface area contributed by atoms with Crippen molar-refractivity contribution in [2.24, 2.45) is 0 Å². The molecule has 0 radical (unpaired) electrons. The van der Waals surface area contributed by atoms with Gasteiger partial charge in [0.1, 0.15) is 11.9 Å². The molecule has 0 saturated heterocycles. The van der Waals surface area contributed by atoms with E-state index in [-0.39, 0.29) is 11.9 Å². The molecule has 0 saturated carbocycles. The standard InChI is InChI=1S/C17H16O4/c1-3-14-12-9-10(17(19)20-2)7-8-11(12)16-13(18)5-4-6-15(16)21-14/h3,7-9,14H,1,4-6H2,2H3. The van der Waals surface area contributed by atoms with Crippen LogP contribution in [0, 0.1) is 0 Å². The fourth-order valence-electron chi connectivity index (χ4n) is 2.90. The van der Waals surface area contributed by atoms with Gasteiger partial charge in [0.05, 0.1) is 18.2 Å². The first-order valence-corrected chi connectivity index (χ1v) is 6.94. The summed E-state index contributed by atoms with van der Waals surface area (Å²) in [6.07, 6.45) is 3.47. The molecule has 4 heteroatoms. The summed E-state index contributed by atoms with van der Waals surface area (Å²) in [5.41, 5.74) is 2.74. The van der Waals surface area contributed by atoms with Gasteiger partial charge >= 0.3 is 5.97 Å². The van der Waals surface area contributed by atoms with E-state index in [4.69, 9.17) is 9.47 Å². The maximum absolute atomic E-state index is 12.2. The Hall–Kier alpha value is -2.36. The van der Waals surface area contributed by atoms with Crippen LogP contribution in [0.3, 0.4) is 0 Å². The minimum absolute atomic E-state index is 0.103. The Morgan fingerprint density at radius 2 is 2.24 bits per heavy atom. The number of carbonyl (C=O) groups excluding carboxylic acids is 2. The molecule has 0 fully saturated rings. The van der Waals surface area contributed by atoms with Crippen molar-refractivity contribution in [3.05, 3.63) is 53.3 Å². The highest BCUT2D eigenvalue weighted by atomic mass is 16.5. The molecule has 0 N–H and O–H groups in total. The number of Topliss-reactive ketones (excluding diaryl/α,β-unsaturated/α-hetero) is 1. The van der Waals surface area contributed by atoms with E-state index in [1.54, 1.807) is 24.3 Å². The van der Waals surface area contributed by atoms with Gasteiger partial charge in [-0.15, -0.1) is 0 Å². The maximum atomic E-state index is 12.2. The maximum Gasteiger partial charge on any atom is 0.337 e. The van der Waals surface area contributed by atoms with E-state index in [1.165, 1.54) is 7.11 Å². The summed E-state index contributed by atoms with van der Waals surface area (Å²) < 4.78 is 10.6. The molecular formula is C17H16O4. The Kier molecular flexibility index (Phi) is 3.37. The van der Waals surface area contributed by atoms with Crippen LogP contribution in [-0.2, 0) is 14.3 Å². The van der Waals surface area contributed by atoms with E-state index >= 15 is 0 Å². The summed E-state index contributed by atoms with van der Waals surface area (Å²) in [6, 6.07) is 5.21. The van der Waals surface area contributed by atoms with Crippen molar-refractivity contribution in [3.63, 3.8) is 0 Å². The Bertz CT molecular complexity index is 669. The first-order chi connectivity index (χ1) is 10.2. The van der Waals surface area contributed by atoms with Crippen molar-refractivity contribution in [3.8, 4) is 0 Å². The Morgan fingerprint density at radius 1 is 1.43 bits per heavy atom. The molecule has 1 aliphatic heterocycles. The Morgan fingerprint density at radius 3 is 2.95 bits per heavy atom. The number of benzene rings is 1. The van der Waals surface area contributed by atoms with Crippen molar-refractivity contribution in [1.29, 1.82) is 0 Å². The lowest BCUT2D eigenvalue weighted by atomic mass is 9.84. The minimum Gasteiger partial charge on any atom is -0.485 e. The van der Waals surface area contributed by atoms with Crippen molar-refractivity contribution in [1.82, 2.24) is 0 Å². The van der Waals surface area contributed by atoms with E-state index < -0.39 is 5.97 Å². The van der Waals surface area contributed by atoms with Crippen LogP contribution in [-0.4, -0.2) is 18.9 Å². The van der Waals surface area contributed by atoms with Crippen LogP contribution < -0.4 is 0 Å². The molecular weight excluding hydrogens is 268 g/mol. The number of ketones is 1. The summed E-state index contributed by atoms with van der Waals surface area (Å²) in [7, 11) is 1.34. The number of methoxy groups -OCH3 is 1. The van der Waals surface area contributed by atoms with E-state index in [9.17, 15) is 9.59 Å². The SMILES string of the molecule is C=CC1OC2=C(C(=O)CCC2)c2ccc(C(=O)OC)cc21. The molecule has 108 valence electrons. The Balaban J connectivity index is 2.16.